The van der Waals surface area contributed by atoms with Crippen LogP contribution in [0.2, 0.25) is 10.0 Å². The molecule has 4 aromatic rings. The first kappa shape index (κ1) is 22.7. The zero-order valence-corrected chi connectivity index (χ0v) is 20.0. The number of nitrogens with zero attached hydrogens (tertiary/aromatic N) is 2. The molecule has 2 heterocycles. The van der Waals surface area contributed by atoms with Gasteiger partial charge in [-0.25, -0.2) is 4.39 Å². The molecule has 0 saturated carbocycles. The van der Waals surface area contributed by atoms with Crippen molar-refractivity contribution in [3.05, 3.63) is 110 Å². The molecule has 1 aliphatic heterocycles. The molecule has 4 nitrogen and oxygen atoms in total. The molecule has 0 atom stereocenters. The summed E-state index contributed by atoms with van der Waals surface area (Å²) in [6.45, 7) is 0.381. The van der Waals surface area contributed by atoms with E-state index in [1.165, 1.54) is 18.2 Å². The van der Waals surface area contributed by atoms with Crippen molar-refractivity contribution in [1.82, 2.24) is 9.47 Å². The standard InChI is InChI=1S/C26H17Cl2FN2O2S/c27-18-6-3-5-16(11-18)13-30-14-17(19-7-1-2-10-23(19)30)12-24-25(32)31(26(33)34-24)15-20-21(28)8-4-9-22(20)29/h1-12,14H,13,15H2/b24-12-. The highest BCUT2D eigenvalue weighted by Gasteiger charge is 2.36. The van der Waals surface area contributed by atoms with Gasteiger partial charge in [-0.1, -0.05) is 59.6 Å². The van der Waals surface area contributed by atoms with Crippen LogP contribution in [0.4, 0.5) is 9.18 Å². The fraction of sp³-hybridized carbons (Fsp3) is 0.0769. The molecule has 5 rings (SSSR count). The van der Waals surface area contributed by atoms with Gasteiger partial charge in [-0.3, -0.25) is 14.5 Å². The topological polar surface area (TPSA) is 42.3 Å². The number of para-hydroxylation sites is 1. The van der Waals surface area contributed by atoms with Crippen molar-refractivity contribution in [2.75, 3.05) is 0 Å². The van der Waals surface area contributed by atoms with E-state index in [9.17, 15) is 14.0 Å². The molecule has 0 N–H and O–H groups in total. The van der Waals surface area contributed by atoms with E-state index < -0.39 is 17.0 Å². The number of halogens is 3. The van der Waals surface area contributed by atoms with Gasteiger partial charge in [-0.15, -0.1) is 0 Å². The SMILES string of the molecule is O=C1S/C(=C\c2cn(Cc3cccc(Cl)c3)c3ccccc23)C(=O)N1Cc1c(F)cccc1Cl. The van der Waals surface area contributed by atoms with Gasteiger partial charge in [0.25, 0.3) is 11.1 Å². The van der Waals surface area contributed by atoms with E-state index in [4.69, 9.17) is 23.2 Å². The van der Waals surface area contributed by atoms with Gasteiger partial charge in [0.1, 0.15) is 5.82 Å². The van der Waals surface area contributed by atoms with E-state index in [1.54, 1.807) is 6.08 Å². The Bertz CT molecular complexity index is 1460. The maximum Gasteiger partial charge on any atom is 0.293 e. The third-order valence-electron chi connectivity index (χ3n) is 5.60. The number of hydrogen-bond donors (Lipinski definition) is 0. The molecule has 170 valence electrons. The van der Waals surface area contributed by atoms with Crippen LogP contribution in [0.25, 0.3) is 17.0 Å². The molecule has 3 aromatic carbocycles. The third kappa shape index (κ3) is 4.37. The molecule has 1 fully saturated rings. The minimum atomic E-state index is -0.556. The average molecular weight is 511 g/mol. The van der Waals surface area contributed by atoms with E-state index in [1.807, 2.05) is 54.7 Å². The molecule has 0 unspecified atom stereocenters. The number of amides is 2. The molecule has 0 spiro atoms. The summed E-state index contributed by atoms with van der Waals surface area (Å²) >= 11 is 13.1. The zero-order valence-electron chi connectivity index (χ0n) is 17.7. The number of benzene rings is 3. The fourth-order valence-corrected chi connectivity index (χ4v) is 5.24. The smallest absolute Gasteiger partial charge is 0.293 e. The number of aromatic nitrogens is 1. The second-order valence-corrected chi connectivity index (χ2v) is 9.66. The van der Waals surface area contributed by atoms with Gasteiger partial charge < -0.3 is 4.57 Å². The van der Waals surface area contributed by atoms with Crippen LogP contribution in [-0.2, 0) is 17.9 Å². The molecule has 0 bridgehead atoms. The van der Waals surface area contributed by atoms with Crippen molar-refractivity contribution in [2.24, 2.45) is 0 Å². The van der Waals surface area contributed by atoms with Gasteiger partial charge in [-0.2, -0.15) is 0 Å². The van der Waals surface area contributed by atoms with Crippen molar-refractivity contribution >= 4 is 63.1 Å². The number of fused-ring (bicyclic) bond motifs is 1. The molecule has 0 aliphatic carbocycles. The Labute approximate surface area is 209 Å². The van der Waals surface area contributed by atoms with Gasteiger partial charge in [-0.05, 0) is 53.7 Å². The number of carbonyl (C=O) groups excluding carboxylic acids is 2. The first-order chi connectivity index (χ1) is 16.4. The average Bonchev–Trinajstić information content (AvgIpc) is 3.28. The molecule has 0 radical (unpaired) electrons. The number of hydrogen-bond acceptors (Lipinski definition) is 3. The molecule has 1 aromatic heterocycles. The second-order valence-electron chi connectivity index (χ2n) is 7.83. The molecule has 8 heteroatoms. The van der Waals surface area contributed by atoms with Gasteiger partial charge in [0.15, 0.2) is 0 Å². The van der Waals surface area contributed by atoms with Crippen LogP contribution in [0, 0.1) is 5.82 Å². The van der Waals surface area contributed by atoms with Gasteiger partial charge in [0.05, 0.1) is 11.4 Å². The summed E-state index contributed by atoms with van der Waals surface area (Å²) < 4.78 is 16.3. The van der Waals surface area contributed by atoms with E-state index in [-0.39, 0.29) is 22.0 Å². The quantitative estimate of drug-likeness (QED) is 0.263. The Morgan fingerprint density at radius 1 is 0.941 bits per heavy atom. The van der Waals surface area contributed by atoms with Crippen LogP contribution in [0.5, 0.6) is 0 Å². The zero-order chi connectivity index (χ0) is 23.8. The minimum absolute atomic E-state index is 0.117. The Hall–Kier alpha value is -3.06. The maximum atomic E-state index is 14.2. The Morgan fingerprint density at radius 3 is 2.53 bits per heavy atom. The van der Waals surface area contributed by atoms with E-state index in [0.29, 0.717) is 11.6 Å². The molecule has 34 heavy (non-hydrogen) atoms. The lowest BCUT2D eigenvalue weighted by atomic mass is 10.1. The maximum absolute atomic E-state index is 14.2. The summed E-state index contributed by atoms with van der Waals surface area (Å²) in [5, 5.41) is 1.33. The van der Waals surface area contributed by atoms with Crippen molar-refractivity contribution < 1.29 is 14.0 Å². The predicted octanol–water partition coefficient (Wildman–Crippen LogP) is 7.37. The predicted molar refractivity (Wildman–Crippen MR) is 135 cm³/mol. The lowest BCUT2D eigenvalue weighted by molar-refractivity contribution is -0.123. The monoisotopic (exact) mass is 510 g/mol. The second kappa shape index (κ2) is 9.29. The Kier molecular flexibility index (Phi) is 6.21. The van der Waals surface area contributed by atoms with Gasteiger partial charge in [0.2, 0.25) is 0 Å². The number of rotatable bonds is 5. The Balaban J connectivity index is 1.47. The molecular weight excluding hydrogens is 494 g/mol. The molecule has 1 saturated heterocycles. The summed E-state index contributed by atoms with van der Waals surface area (Å²) in [6, 6.07) is 19.8. The van der Waals surface area contributed by atoms with Crippen LogP contribution < -0.4 is 0 Å². The summed E-state index contributed by atoms with van der Waals surface area (Å²) in [7, 11) is 0. The van der Waals surface area contributed by atoms with E-state index in [2.05, 4.69) is 4.57 Å². The summed E-state index contributed by atoms with van der Waals surface area (Å²) in [5.74, 6) is -1.03. The third-order valence-corrected chi connectivity index (χ3v) is 7.10. The lowest BCUT2D eigenvalue weighted by Crippen LogP contribution is -2.28. The van der Waals surface area contributed by atoms with E-state index >= 15 is 0 Å². The lowest BCUT2D eigenvalue weighted by Gasteiger charge is -2.14. The van der Waals surface area contributed by atoms with Crippen LogP contribution >= 0.6 is 35.0 Å². The van der Waals surface area contributed by atoms with Crippen molar-refractivity contribution in [1.29, 1.82) is 0 Å². The van der Waals surface area contributed by atoms with Crippen molar-refractivity contribution in [3.8, 4) is 0 Å². The highest BCUT2D eigenvalue weighted by atomic mass is 35.5. The highest BCUT2D eigenvalue weighted by Crippen LogP contribution is 2.36. The number of carbonyl (C=O) groups is 2. The van der Waals surface area contributed by atoms with E-state index in [0.717, 1.165) is 38.7 Å². The normalized spacial score (nSPS) is 15.1. The highest BCUT2D eigenvalue weighted by molar-refractivity contribution is 8.18. The number of imide groups is 1. The van der Waals surface area contributed by atoms with Crippen LogP contribution in [-0.4, -0.2) is 20.6 Å². The minimum Gasteiger partial charge on any atom is -0.342 e. The summed E-state index contributed by atoms with van der Waals surface area (Å²) in [4.78, 5) is 26.9. The van der Waals surface area contributed by atoms with Crippen LogP contribution in [0.1, 0.15) is 16.7 Å². The van der Waals surface area contributed by atoms with Crippen molar-refractivity contribution in [3.63, 3.8) is 0 Å². The molecule has 2 amide bonds. The van der Waals surface area contributed by atoms with Gasteiger partial charge in [0, 0.05) is 44.8 Å². The first-order valence-corrected chi connectivity index (χ1v) is 12.0. The first-order valence-electron chi connectivity index (χ1n) is 10.4. The van der Waals surface area contributed by atoms with Gasteiger partial charge >= 0.3 is 0 Å². The fourth-order valence-electron chi connectivity index (χ4n) is 3.97. The Morgan fingerprint density at radius 2 is 1.74 bits per heavy atom. The summed E-state index contributed by atoms with van der Waals surface area (Å²) in [6.07, 6.45) is 3.66. The number of thioether (sulfide) groups is 1. The van der Waals surface area contributed by atoms with Crippen molar-refractivity contribution in [2.45, 2.75) is 13.1 Å². The summed E-state index contributed by atoms with van der Waals surface area (Å²) in [5.41, 5.74) is 2.96. The largest absolute Gasteiger partial charge is 0.342 e. The molecular formula is C26H17Cl2FN2O2S. The molecule has 1 aliphatic rings. The van der Waals surface area contributed by atoms with Crippen LogP contribution in [0.15, 0.2) is 77.8 Å². The van der Waals surface area contributed by atoms with Crippen LogP contribution in [0.3, 0.4) is 0 Å².